The molecule has 2 aromatic heterocycles. The van der Waals surface area contributed by atoms with Crippen molar-refractivity contribution >= 4 is 54.3 Å². The highest BCUT2D eigenvalue weighted by atomic mass is 16.3. The van der Waals surface area contributed by atoms with Crippen LogP contribution in [-0.4, -0.2) is 15.0 Å². The monoisotopic (exact) mass is 625 g/mol. The average molecular weight is 626 g/mol. The predicted octanol–water partition coefficient (Wildman–Crippen LogP) is 11.9. The molecule has 4 heteroatoms. The summed E-state index contributed by atoms with van der Waals surface area (Å²) < 4.78 is 6.70. The second-order valence-electron chi connectivity index (χ2n) is 12.4. The summed E-state index contributed by atoms with van der Waals surface area (Å²) in [5.74, 6) is 1.84. The Morgan fingerprint density at radius 2 is 0.918 bits per heavy atom. The molecule has 49 heavy (non-hydrogen) atoms. The van der Waals surface area contributed by atoms with Crippen LogP contribution in [-0.2, 0) is 0 Å². The molecule has 10 rings (SSSR count). The summed E-state index contributed by atoms with van der Waals surface area (Å²) >= 11 is 0. The van der Waals surface area contributed by atoms with Crippen molar-refractivity contribution in [1.82, 2.24) is 15.0 Å². The van der Waals surface area contributed by atoms with Crippen molar-refractivity contribution in [3.05, 3.63) is 164 Å². The van der Waals surface area contributed by atoms with E-state index in [1.165, 1.54) is 21.7 Å². The van der Waals surface area contributed by atoms with Gasteiger partial charge >= 0.3 is 0 Å². The third-order valence-corrected chi connectivity index (χ3v) is 9.51. The number of para-hydroxylation sites is 1. The van der Waals surface area contributed by atoms with E-state index >= 15 is 0 Å². The van der Waals surface area contributed by atoms with Gasteiger partial charge in [-0.15, -0.1) is 0 Å². The van der Waals surface area contributed by atoms with Gasteiger partial charge in [0.05, 0.1) is 0 Å². The minimum Gasteiger partial charge on any atom is -0.455 e. The zero-order valence-electron chi connectivity index (χ0n) is 26.3. The van der Waals surface area contributed by atoms with Crippen molar-refractivity contribution in [1.29, 1.82) is 0 Å². The molecule has 0 aliphatic carbocycles. The molecule has 0 radical (unpaired) electrons. The smallest absolute Gasteiger partial charge is 0.164 e. The Balaban J connectivity index is 1.25. The quantitative estimate of drug-likeness (QED) is 0.183. The summed E-state index contributed by atoms with van der Waals surface area (Å²) in [6.07, 6.45) is 0. The zero-order chi connectivity index (χ0) is 32.3. The Labute approximate surface area is 282 Å². The SMILES string of the molecule is c1ccc(-c2ccc(-c3nc(-c4ccc5ccccc5c4)nc(-c4cccc5c6ccccc6c6c7ccccc7oc6c45)n3)cc2)cc1. The molecular formula is C45H27N3O. The molecule has 2 heterocycles. The average Bonchev–Trinajstić information content (AvgIpc) is 3.58. The van der Waals surface area contributed by atoms with Crippen molar-refractivity contribution in [2.45, 2.75) is 0 Å². The molecule has 0 aliphatic rings. The van der Waals surface area contributed by atoms with E-state index in [2.05, 4.69) is 146 Å². The van der Waals surface area contributed by atoms with Crippen LogP contribution in [0.5, 0.6) is 0 Å². The number of hydrogen-bond acceptors (Lipinski definition) is 4. The van der Waals surface area contributed by atoms with E-state index in [0.717, 1.165) is 60.4 Å². The molecule has 0 fully saturated rings. The van der Waals surface area contributed by atoms with Crippen molar-refractivity contribution in [2.75, 3.05) is 0 Å². The Morgan fingerprint density at radius 1 is 0.347 bits per heavy atom. The largest absolute Gasteiger partial charge is 0.455 e. The molecule has 0 N–H and O–H groups in total. The number of fused-ring (bicyclic) bond motifs is 9. The molecule has 0 bridgehead atoms. The van der Waals surface area contributed by atoms with Crippen LogP contribution < -0.4 is 0 Å². The van der Waals surface area contributed by atoms with Crippen molar-refractivity contribution < 1.29 is 4.42 Å². The molecule has 0 amide bonds. The predicted molar refractivity (Wildman–Crippen MR) is 201 cm³/mol. The standard InChI is InChI=1S/C45H27N3O/c1-2-11-28(12-3-1)30-21-24-31(25-22-30)43-46-44(33-26-23-29-13-4-5-14-32(29)27-33)48-45(47-43)38-19-10-18-36-34-15-6-7-16-35(34)40-37-17-8-9-20-39(37)49-42(40)41(36)38/h1-27H. The number of hydrogen-bond donors (Lipinski definition) is 0. The first-order valence-electron chi connectivity index (χ1n) is 16.4. The maximum absolute atomic E-state index is 6.70. The van der Waals surface area contributed by atoms with Crippen LogP contribution in [0.3, 0.4) is 0 Å². The number of rotatable bonds is 4. The lowest BCUT2D eigenvalue weighted by molar-refractivity contribution is 0.673. The van der Waals surface area contributed by atoms with Crippen LogP contribution in [0.1, 0.15) is 0 Å². The van der Waals surface area contributed by atoms with Gasteiger partial charge in [-0.3, -0.25) is 0 Å². The minimum atomic E-state index is 0.600. The Bertz CT molecular complexity index is 2870. The zero-order valence-corrected chi connectivity index (χ0v) is 26.3. The molecule has 0 saturated heterocycles. The summed E-state index contributed by atoms with van der Waals surface area (Å²) in [5.41, 5.74) is 6.76. The van der Waals surface area contributed by atoms with Gasteiger partial charge < -0.3 is 4.42 Å². The summed E-state index contributed by atoms with van der Waals surface area (Å²) in [7, 11) is 0. The van der Waals surface area contributed by atoms with Crippen molar-refractivity contribution in [3.8, 4) is 45.3 Å². The van der Waals surface area contributed by atoms with Crippen molar-refractivity contribution in [2.24, 2.45) is 0 Å². The van der Waals surface area contributed by atoms with E-state index in [0.29, 0.717) is 17.5 Å². The van der Waals surface area contributed by atoms with E-state index in [1.807, 2.05) is 18.2 Å². The van der Waals surface area contributed by atoms with E-state index in [-0.39, 0.29) is 0 Å². The van der Waals surface area contributed by atoms with Crippen LogP contribution in [0.4, 0.5) is 0 Å². The fourth-order valence-electron chi connectivity index (χ4n) is 7.16. The van der Waals surface area contributed by atoms with Crippen LogP contribution in [0.25, 0.3) is 99.5 Å². The van der Waals surface area contributed by atoms with Gasteiger partial charge in [0.25, 0.3) is 0 Å². The molecular weight excluding hydrogens is 599 g/mol. The molecule has 0 unspecified atom stereocenters. The number of furan rings is 1. The van der Waals surface area contributed by atoms with Gasteiger partial charge in [-0.25, -0.2) is 15.0 Å². The van der Waals surface area contributed by atoms with E-state index < -0.39 is 0 Å². The lowest BCUT2D eigenvalue weighted by Crippen LogP contribution is -2.01. The summed E-state index contributed by atoms with van der Waals surface area (Å²) in [6, 6.07) is 56.8. The topological polar surface area (TPSA) is 51.8 Å². The Morgan fingerprint density at radius 3 is 1.76 bits per heavy atom. The van der Waals surface area contributed by atoms with Gasteiger partial charge in [-0.1, -0.05) is 152 Å². The molecule has 0 saturated carbocycles. The molecule has 0 aliphatic heterocycles. The maximum Gasteiger partial charge on any atom is 0.164 e. The maximum atomic E-state index is 6.70. The van der Waals surface area contributed by atoms with Crippen molar-refractivity contribution in [3.63, 3.8) is 0 Å². The van der Waals surface area contributed by atoms with E-state index in [1.54, 1.807) is 0 Å². The van der Waals surface area contributed by atoms with E-state index in [9.17, 15) is 0 Å². The Kier molecular flexibility index (Phi) is 6.15. The first-order chi connectivity index (χ1) is 24.3. The van der Waals surface area contributed by atoms with Crippen LogP contribution >= 0.6 is 0 Å². The van der Waals surface area contributed by atoms with Crippen LogP contribution in [0.15, 0.2) is 168 Å². The van der Waals surface area contributed by atoms with Gasteiger partial charge in [0.2, 0.25) is 0 Å². The minimum absolute atomic E-state index is 0.600. The highest BCUT2D eigenvalue weighted by Crippen LogP contribution is 2.44. The molecule has 0 atom stereocenters. The third-order valence-electron chi connectivity index (χ3n) is 9.51. The fraction of sp³-hybridized carbons (Fsp3) is 0. The fourth-order valence-corrected chi connectivity index (χ4v) is 7.16. The molecule has 228 valence electrons. The number of nitrogens with zero attached hydrogens (tertiary/aromatic N) is 3. The lowest BCUT2D eigenvalue weighted by Gasteiger charge is -2.13. The highest BCUT2D eigenvalue weighted by molar-refractivity contribution is 6.32. The number of benzene rings is 8. The van der Waals surface area contributed by atoms with Gasteiger partial charge in [0, 0.05) is 32.8 Å². The lowest BCUT2D eigenvalue weighted by atomic mass is 9.94. The Hall–Kier alpha value is -6.65. The molecule has 4 nitrogen and oxygen atoms in total. The van der Waals surface area contributed by atoms with Crippen LogP contribution in [0, 0.1) is 0 Å². The first kappa shape index (κ1) is 27.5. The molecule has 0 spiro atoms. The van der Waals surface area contributed by atoms with Gasteiger partial charge in [-0.2, -0.15) is 0 Å². The second-order valence-corrected chi connectivity index (χ2v) is 12.4. The number of aromatic nitrogens is 3. The van der Waals surface area contributed by atoms with E-state index in [4.69, 9.17) is 19.4 Å². The highest BCUT2D eigenvalue weighted by Gasteiger charge is 2.21. The second kappa shape index (κ2) is 11.0. The van der Waals surface area contributed by atoms with Gasteiger partial charge in [0.1, 0.15) is 11.2 Å². The van der Waals surface area contributed by atoms with Crippen LogP contribution in [0.2, 0.25) is 0 Å². The van der Waals surface area contributed by atoms with Gasteiger partial charge in [0.15, 0.2) is 17.5 Å². The summed E-state index contributed by atoms with van der Waals surface area (Å²) in [6.45, 7) is 0. The summed E-state index contributed by atoms with van der Waals surface area (Å²) in [4.78, 5) is 15.5. The first-order valence-corrected chi connectivity index (χ1v) is 16.4. The molecule has 10 aromatic rings. The van der Waals surface area contributed by atoms with Gasteiger partial charge in [-0.05, 0) is 50.2 Å². The normalized spacial score (nSPS) is 11.7. The third kappa shape index (κ3) is 4.49. The summed E-state index contributed by atoms with van der Waals surface area (Å²) in [5, 5.41) is 8.93. The molecule has 8 aromatic carbocycles.